The van der Waals surface area contributed by atoms with E-state index in [0.29, 0.717) is 6.54 Å². The van der Waals surface area contributed by atoms with Crippen molar-refractivity contribution < 1.29 is 16.8 Å². The standard InChI is InChI=1S/C20H27NO4S2/c1-4-5-14-21(15-26(22,23)19-10-6-17(2)7-11-19)16-27(24,25)20-12-8-18(3)9-13-20/h6-13H,4-5,14-16H2,1-3H3. The van der Waals surface area contributed by atoms with E-state index in [1.54, 1.807) is 48.5 Å². The van der Waals surface area contributed by atoms with Gasteiger partial charge in [-0.2, -0.15) is 0 Å². The van der Waals surface area contributed by atoms with Crippen LogP contribution in [0.15, 0.2) is 58.3 Å². The molecule has 5 nitrogen and oxygen atoms in total. The number of benzene rings is 2. The molecule has 2 aromatic rings. The number of nitrogens with zero attached hydrogens (tertiary/aromatic N) is 1. The second kappa shape index (κ2) is 8.99. The van der Waals surface area contributed by atoms with Gasteiger partial charge in [-0.25, -0.2) is 16.8 Å². The second-order valence-electron chi connectivity index (χ2n) is 6.86. The summed E-state index contributed by atoms with van der Waals surface area (Å²) in [5.41, 5.74) is 1.94. The molecule has 2 rings (SSSR count). The fraction of sp³-hybridized carbons (Fsp3) is 0.400. The molecule has 0 aliphatic rings. The van der Waals surface area contributed by atoms with Crippen molar-refractivity contribution in [3.05, 3.63) is 59.7 Å². The van der Waals surface area contributed by atoms with Crippen LogP contribution in [0.4, 0.5) is 0 Å². The third-order valence-corrected chi connectivity index (χ3v) is 7.68. The maximum atomic E-state index is 12.7. The number of aryl methyl sites for hydroxylation is 2. The van der Waals surface area contributed by atoms with Gasteiger partial charge in [0.15, 0.2) is 19.7 Å². The third-order valence-electron chi connectivity index (χ3n) is 4.29. The Kier molecular flexibility index (Phi) is 7.19. The number of hydrogen-bond donors (Lipinski definition) is 0. The molecule has 0 atom stereocenters. The van der Waals surface area contributed by atoms with Crippen LogP contribution in [0.5, 0.6) is 0 Å². The van der Waals surface area contributed by atoms with Gasteiger partial charge in [0.25, 0.3) is 0 Å². The summed E-state index contributed by atoms with van der Waals surface area (Å²) in [5.74, 6) is -0.637. The van der Waals surface area contributed by atoms with Crippen molar-refractivity contribution >= 4 is 19.7 Å². The van der Waals surface area contributed by atoms with Gasteiger partial charge in [-0.1, -0.05) is 48.7 Å². The highest BCUT2D eigenvalue weighted by molar-refractivity contribution is 7.92. The minimum Gasteiger partial charge on any atom is -0.275 e. The fourth-order valence-corrected chi connectivity index (χ4v) is 5.59. The summed E-state index contributed by atoms with van der Waals surface area (Å²) in [6, 6.07) is 13.2. The lowest BCUT2D eigenvalue weighted by molar-refractivity contribution is 0.349. The lowest BCUT2D eigenvalue weighted by atomic mass is 10.2. The van der Waals surface area contributed by atoms with Gasteiger partial charge in [-0.3, -0.25) is 4.90 Å². The molecule has 0 radical (unpaired) electrons. The molecule has 0 saturated heterocycles. The summed E-state index contributed by atoms with van der Waals surface area (Å²) in [6.07, 6.45) is 1.58. The van der Waals surface area contributed by atoms with Crippen molar-refractivity contribution in [2.45, 2.75) is 43.4 Å². The van der Waals surface area contributed by atoms with Gasteiger partial charge in [-0.15, -0.1) is 0 Å². The predicted molar refractivity (Wildman–Crippen MR) is 108 cm³/mol. The zero-order valence-corrected chi connectivity index (χ0v) is 17.7. The van der Waals surface area contributed by atoms with Gasteiger partial charge in [-0.05, 0) is 44.5 Å². The summed E-state index contributed by atoms with van der Waals surface area (Å²) < 4.78 is 51.0. The molecule has 0 N–H and O–H groups in total. The van der Waals surface area contributed by atoms with Gasteiger partial charge in [0.2, 0.25) is 0 Å². The van der Waals surface area contributed by atoms with Crippen LogP contribution in [0.3, 0.4) is 0 Å². The van der Waals surface area contributed by atoms with Crippen molar-refractivity contribution in [3.63, 3.8) is 0 Å². The first-order valence-electron chi connectivity index (χ1n) is 8.95. The lowest BCUT2D eigenvalue weighted by Gasteiger charge is -2.22. The Morgan fingerprint density at radius 3 is 1.41 bits per heavy atom. The zero-order chi connectivity index (χ0) is 20.1. The molecule has 27 heavy (non-hydrogen) atoms. The number of sulfone groups is 2. The average molecular weight is 410 g/mol. The average Bonchev–Trinajstić information content (AvgIpc) is 2.60. The van der Waals surface area contributed by atoms with Crippen LogP contribution in [0.2, 0.25) is 0 Å². The molecule has 0 spiro atoms. The van der Waals surface area contributed by atoms with Crippen molar-refractivity contribution in [2.75, 3.05) is 18.3 Å². The molecule has 0 heterocycles. The monoisotopic (exact) mass is 409 g/mol. The van der Waals surface area contributed by atoms with Crippen molar-refractivity contribution in [1.82, 2.24) is 4.90 Å². The molecule has 0 aromatic heterocycles. The number of hydrogen-bond acceptors (Lipinski definition) is 5. The van der Waals surface area contributed by atoms with E-state index in [0.717, 1.165) is 24.0 Å². The first-order valence-corrected chi connectivity index (χ1v) is 12.3. The van der Waals surface area contributed by atoms with Crippen molar-refractivity contribution in [2.24, 2.45) is 0 Å². The van der Waals surface area contributed by atoms with E-state index in [-0.39, 0.29) is 21.5 Å². The summed E-state index contributed by atoms with van der Waals surface area (Å²) in [5, 5.41) is 0. The Hall–Kier alpha value is -1.70. The largest absolute Gasteiger partial charge is 0.275 e. The molecule has 7 heteroatoms. The van der Waals surface area contributed by atoms with Crippen LogP contribution in [0.1, 0.15) is 30.9 Å². The van der Waals surface area contributed by atoms with Crippen LogP contribution in [-0.4, -0.2) is 40.0 Å². The molecule has 0 saturated carbocycles. The molecular weight excluding hydrogens is 382 g/mol. The SMILES string of the molecule is CCCCN(CS(=O)(=O)c1ccc(C)cc1)CS(=O)(=O)c1ccc(C)cc1. The topological polar surface area (TPSA) is 71.5 Å². The van der Waals surface area contributed by atoms with Crippen LogP contribution < -0.4 is 0 Å². The van der Waals surface area contributed by atoms with Gasteiger partial charge >= 0.3 is 0 Å². The summed E-state index contributed by atoms with van der Waals surface area (Å²) in [4.78, 5) is 1.93. The Labute approximate surface area is 162 Å². The van der Waals surface area contributed by atoms with Crippen LogP contribution >= 0.6 is 0 Å². The Morgan fingerprint density at radius 1 is 0.704 bits per heavy atom. The first kappa shape index (κ1) is 21.6. The van der Waals surface area contributed by atoms with E-state index in [2.05, 4.69) is 0 Å². The molecule has 0 aliphatic heterocycles. The van der Waals surface area contributed by atoms with Crippen LogP contribution in [0, 0.1) is 13.8 Å². The number of rotatable bonds is 9. The fourth-order valence-electron chi connectivity index (χ4n) is 2.67. The van der Waals surface area contributed by atoms with E-state index in [4.69, 9.17) is 0 Å². The first-order chi connectivity index (χ1) is 12.6. The normalized spacial score (nSPS) is 12.4. The number of unbranched alkanes of at least 4 members (excludes halogenated alkanes) is 1. The third kappa shape index (κ3) is 6.16. The zero-order valence-electron chi connectivity index (χ0n) is 16.1. The Bertz CT molecular complexity index is 871. The molecule has 148 valence electrons. The molecule has 2 aromatic carbocycles. The highest BCUT2D eigenvalue weighted by Crippen LogP contribution is 2.18. The maximum Gasteiger partial charge on any atom is 0.191 e. The quantitative estimate of drug-likeness (QED) is 0.633. The van der Waals surface area contributed by atoms with Gasteiger partial charge in [0.05, 0.1) is 9.79 Å². The Balaban J connectivity index is 2.24. The lowest BCUT2D eigenvalue weighted by Crippen LogP contribution is -2.35. The molecule has 0 aliphatic carbocycles. The molecule has 0 fully saturated rings. The van der Waals surface area contributed by atoms with Crippen molar-refractivity contribution in [3.8, 4) is 0 Å². The molecular formula is C20H27NO4S2. The summed E-state index contributed by atoms with van der Waals surface area (Å²) in [7, 11) is -7.21. The second-order valence-corrected chi connectivity index (χ2v) is 10.8. The maximum absolute atomic E-state index is 12.7. The summed E-state index contributed by atoms with van der Waals surface area (Å²) in [6.45, 7) is 6.17. The van der Waals surface area contributed by atoms with Gasteiger partial charge in [0, 0.05) is 6.54 Å². The minimum absolute atomic E-state index is 0.210. The van der Waals surface area contributed by atoms with Gasteiger partial charge in [0.1, 0.15) is 11.8 Å². The molecule has 0 bridgehead atoms. The van der Waals surface area contributed by atoms with E-state index in [1.165, 1.54) is 4.90 Å². The smallest absolute Gasteiger partial charge is 0.191 e. The minimum atomic E-state index is -3.61. The Morgan fingerprint density at radius 2 is 1.07 bits per heavy atom. The van der Waals surface area contributed by atoms with Gasteiger partial charge < -0.3 is 0 Å². The van der Waals surface area contributed by atoms with Crippen molar-refractivity contribution in [1.29, 1.82) is 0 Å². The van der Waals surface area contributed by atoms with Crippen LogP contribution in [0.25, 0.3) is 0 Å². The highest BCUT2D eigenvalue weighted by Gasteiger charge is 2.24. The van der Waals surface area contributed by atoms with Crippen LogP contribution in [-0.2, 0) is 19.7 Å². The highest BCUT2D eigenvalue weighted by atomic mass is 32.2. The van der Waals surface area contributed by atoms with E-state index >= 15 is 0 Å². The molecule has 0 amide bonds. The van der Waals surface area contributed by atoms with E-state index < -0.39 is 19.7 Å². The summed E-state index contributed by atoms with van der Waals surface area (Å²) >= 11 is 0. The molecule has 0 unspecified atom stereocenters. The predicted octanol–water partition coefficient (Wildman–Crippen LogP) is 3.57. The van der Waals surface area contributed by atoms with E-state index in [9.17, 15) is 16.8 Å². The van der Waals surface area contributed by atoms with E-state index in [1.807, 2.05) is 20.8 Å².